The number of carbonyl (C=O) groups excluding carboxylic acids is 2. The van der Waals surface area contributed by atoms with Crippen LogP contribution in [-0.4, -0.2) is 46.0 Å². The Bertz CT molecular complexity index is 1050. The average Bonchev–Trinajstić information content (AvgIpc) is 3.12. The summed E-state index contributed by atoms with van der Waals surface area (Å²) >= 11 is 0. The van der Waals surface area contributed by atoms with Crippen LogP contribution >= 0.6 is 0 Å². The summed E-state index contributed by atoms with van der Waals surface area (Å²) in [6.45, 7) is 1.70. The van der Waals surface area contributed by atoms with Gasteiger partial charge in [0.2, 0.25) is 0 Å². The Morgan fingerprint density at radius 2 is 1.83 bits per heavy atom. The normalized spacial score (nSPS) is 14.6. The highest BCUT2D eigenvalue weighted by atomic mass is 16.5. The Morgan fingerprint density at radius 1 is 1.10 bits per heavy atom. The lowest BCUT2D eigenvalue weighted by atomic mass is 9.94. The zero-order valence-electron chi connectivity index (χ0n) is 17.5. The van der Waals surface area contributed by atoms with E-state index in [1.54, 1.807) is 24.1 Å². The first-order valence-corrected chi connectivity index (χ1v) is 10.5. The van der Waals surface area contributed by atoms with Crippen LogP contribution < -0.4 is 0 Å². The van der Waals surface area contributed by atoms with Gasteiger partial charge in [0.15, 0.2) is 6.61 Å². The zero-order valence-corrected chi connectivity index (χ0v) is 17.5. The number of aryl methyl sites for hydroxylation is 1. The maximum absolute atomic E-state index is 12.5. The third-order valence-electron chi connectivity index (χ3n) is 5.91. The van der Waals surface area contributed by atoms with E-state index in [1.165, 1.54) is 6.42 Å². The summed E-state index contributed by atoms with van der Waals surface area (Å²) in [6, 6.07) is 15.5. The number of rotatable bonds is 5. The van der Waals surface area contributed by atoms with Gasteiger partial charge in [-0.15, -0.1) is 0 Å². The highest BCUT2D eigenvalue weighted by Gasteiger charge is 2.23. The van der Waals surface area contributed by atoms with E-state index >= 15 is 0 Å². The van der Waals surface area contributed by atoms with E-state index in [1.807, 2.05) is 47.9 Å². The van der Waals surface area contributed by atoms with Crippen molar-refractivity contribution in [2.24, 2.45) is 0 Å². The quantitative estimate of drug-likeness (QED) is 0.594. The van der Waals surface area contributed by atoms with Gasteiger partial charge in [0.05, 0.1) is 16.6 Å². The molecule has 0 N–H and O–H groups in total. The highest BCUT2D eigenvalue weighted by molar-refractivity contribution is 5.95. The molecule has 6 heteroatoms. The van der Waals surface area contributed by atoms with E-state index in [9.17, 15) is 9.59 Å². The lowest BCUT2D eigenvalue weighted by molar-refractivity contribution is -0.135. The van der Waals surface area contributed by atoms with Gasteiger partial charge in [0, 0.05) is 18.8 Å². The molecule has 2 aromatic carbocycles. The van der Waals surface area contributed by atoms with Crippen molar-refractivity contribution in [3.63, 3.8) is 0 Å². The van der Waals surface area contributed by atoms with Crippen LogP contribution in [0.5, 0.6) is 0 Å². The molecule has 1 saturated carbocycles. The molecule has 4 rings (SSSR count). The molecule has 0 aliphatic heterocycles. The van der Waals surface area contributed by atoms with E-state index in [-0.39, 0.29) is 18.6 Å². The van der Waals surface area contributed by atoms with Gasteiger partial charge in [-0.05, 0) is 50.1 Å². The van der Waals surface area contributed by atoms with Gasteiger partial charge in [0.1, 0.15) is 5.82 Å². The molecule has 1 amide bonds. The number of ether oxygens (including phenoxy) is 1. The number of carbonyl (C=O) groups is 2. The number of hydrogen-bond donors (Lipinski definition) is 0. The molecular formula is C24H27N3O3. The van der Waals surface area contributed by atoms with Crippen LogP contribution in [0, 0.1) is 6.92 Å². The second-order valence-electron chi connectivity index (χ2n) is 7.91. The second-order valence-corrected chi connectivity index (χ2v) is 7.91. The highest BCUT2D eigenvalue weighted by Crippen LogP contribution is 2.23. The van der Waals surface area contributed by atoms with Gasteiger partial charge in [-0.25, -0.2) is 9.78 Å². The molecule has 30 heavy (non-hydrogen) atoms. The lowest BCUT2D eigenvalue weighted by Gasteiger charge is -2.31. The number of amides is 1. The van der Waals surface area contributed by atoms with Gasteiger partial charge in [-0.2, -0.15) is 0 Å². The van der Waals surface area contributed by atoms with Crippen LogP contribution in [0.4, 0.5) is 0 Å². The van der Waals surface area contributed by atoms with Gasteiger partial charge < -0.3 is 9.64 Å². The number of benzene rings is 2. The first kappa shape index (κ1) is 20.1. The molecule has 0 atom stereocenters. The zero-order chi connectivity index (χ0) is 21.1. The number of nitrogens with zero attached hydrogens (tertiary/aromatic N) is 3. The molecule has 1 aromatic heterocycles. The molecule has 1 aliphatic rings. The van der Waals surface area contributed by atoms with Crippen molar-refractivity contribution in [1.82, 2.24) is 14.5 Å². The summed E-state index contributed by atoms with van der Waals surface area (Å²) < 4.78 is 7.36. The Balaban J connectivity index is 1.45. The minimum absolute atomic E-state index is 0.152. The Labute approximate surface area is 176 Å². The summed E-state index contributed by atoms with van der Waals surface area (Å²) in [6.07, 6.45) is 5.58. The summed E-state index contributed by atoms with van der Waals surface area (Å²) in [5.41, 5.74) is 3.05. The fourth-order valence-electron chi connectivity index (χ4n) is 4.22. The number of para-hydroxylation sites is 1. The van der Waals surface area contributed by atoms with Gasteiger partial charge >= 0.3 is 5.97 Å². The summed E-state index contributed by atoms with van der Waals surface area (Å²) in [5, 5.41) is 0. The van der Waals surface area contributed by atoms with Crippen LogP contribution in [0.15, 0.2) is 48.5 Å². The van der Waals surface area contributed by atoms with Crippen LogP contribution in [0.3, 0.4) is 0 Å². The summed E-state index contributed by atoms with van der Waals surface area (Å²) in [4.78, 5) is 31.3. The third-order valence-corrected chi connectivity index (χ3v) is 5.91. The van der Waals surface area contributed by atoms with Crippen molar-refractivity contribution in [2.75, 3.05) is 13.7 Å². The van der Waals surface area contributed by atoms with E-state index in [0.29, 0.717) is 5.56 Å². The van der Waals surface area contributed by atoms with Gasteiger partial charge in [-0.1, -0.05) is 37.5 Å². The fourth-order valence-corrected chi connectivity index (χ4v) is 4.22. The fraction of sp³-hybridized carbons (Fsp3) is 0.375. The first-order chi connectivity index (χ1) is 14.5. The minimum Gasteiger partial charge on any atom is -0.452 e. The number of hydrogen-bond acceptors (Lipinski definition) is 4. The molecule has 0 unspecified atom stereocenters. The van der Waals surface area contributed by atoms with Crippen LogP contribution in [0.1, 0.15) is 48.3 Å². The molecule has 0 radical (unpaired) electrons. The topological polar surface area (TPSA) is 64.4 Å². The number of fused-ring (bicyclic) bond motifs is 1. The van der Waals surface area contributed by atoms with E-state index < -0.39 is 5.97 Å². The molecule has 0 saturated heterocycles. The summed E-state index contributed by atoms with van der Waals surface area (Å²) in [7, 11) is 1.80. The Kier molecular flexibility index (Phi) is 5.84. The molecule has 1 aliphatic carbocycles. The maximum atomic E-state index is 12.5. The molecule has 3 aromatic rings. The SMILES string of the molecule is Cc1nc2cc(C(=O)OCC(=O)N(C)C3CCCCC3)ccc2n1-c1ccccc1. The van der Waals surface area contributed by atoms with Gasteiger partial charge in [0.25, 0.3) is 5.91 Å². The maximum Gasteiger partial charge on any atom is 0.338 e. The molecule has 0 bridgehead atoms. The molecular weight excluding hydrogens is 378 g/mol. The smallest absolute Gasteiger partial charge is 0.338 e. The lowest BCUT2D eigenvalue weighted by Crippen LogP contribution is -2.40. The molecule has 0 spiro atoms. The number of esters is 1. The predicted molar refractivity (Wildman–Crippen MR) is 116 cm³/mol. The average molecular weight is 405 g/mol. The first-order valence-electron chi connectivity index (χ1n) is 10.5. The molecule has 6 nitrogen and oxygen atoms in total. The second kappa shape index (κ2) is 8.69. The van der Waals surface area contributed by atoms with E-state index in [4.69, 9.17) is 4.74 Å². The Morgan fingerprint density at radius 3 is 2.57 bits per heavy atom. The van der Waals surface area contributed by atoms with Crippen LogP contribution in [-0.2, 0) is 9.53 Å². The van der Waals surface area contributed by atoms with E-state index in [0.717, 1.165) is 48.2 Å². The molecule has 156 valence electrons. The third kappa shape index (κ3) is 4.08. The predicted octanol–water partition coefficient (Wildman–Crippen LogP) is 4.28. The standard InChI is InChI=1S/C24H27N3O3/c1-17-25-21-15-18(13-14-22(21)27(17)20-11-7-4-8-12-20)24(29)30-16-23(28)26(2)19-9-5-3-6-10-19/h4,7-8,11-15,19H,3,5-6,9-10,16H2,1-2H3. The monoisotopic (exact) mass is 405 g/mol. The minimum atomic E-state index is -0.505. The van der Waals surface area contributed by atoms with Crippen molar-refractivity contribution < 1.29 is 14.3 Å². The van der Waals surface area contributed by atoms with Crippen LogP contribution in [0.2, 0.25) is 0 Å². The van der Waals surface area contributed by atoms with Crippen molar-refractivity contribution in [3.05, 3.63) is 59.9 Å². The summed E-state index contributed by atoms with van der Waals surface area (Å²) in [5.74, 6) is 0.181. The van der Waals surface area contributed by atoms with Crippen molar-refractivity contribution in [3.8, 4) is 5.69 Å². The number of imidazole rings is 1. The largest absolute Gasteiger partial charge is 0.452 e. The number of likely N-dealkylation sites (N-methyl/N-ethyl adjacent to an activating group) is 1. The molecule has 1 heterocycles. The van der Waals surface area contributed by atoms with Crippen molar-refractivity contribution >= 4 is 22.9 Å². The van der Waals surface area contributed by atoms with E-state index in [2.05, 4.69) is 4.98 Å². The van der Waals surface area contributed by atoms with Crippen molar-refractivity contribution in [2.45, 2.75) is 45.1 Å². The van der Waals surface area contributed by atoms with Crippen molar-refractivity contribution in [1.29, 1.82) is 0 Å². The number of aromatic nitrogens is 2. The Hall–Kier alpha value is -3.15. The molecule has 1 fully saturated rings. The van der Waals surface area contributed by atoms with Gasteiger partial charge in [-0.3, -0.25) is 9.36 Å². The van der Waals surface area contributed by atoms with Crippen LogP contribution in [0.25, 0.3) is 16.7 Å².